The second-order valence-corrected chi connectivity index (χ2v) is 9.39. The van der Waals surface area contributed by atoms with Gasteiger partial charge in [-0.15, -0.1) is 0 Å². The van der Waals surface area contributed by atoms with Gasteiger partial charge in [0.25, 0.3) is 0 Å². The van der Waals surface area contributed by atoms with E-state index in [-0.39, 0.29) is 23.0 Å². The average molecular weight is 539 g/mol. The van der Waals surface area contributed by atoms with Crippen LogP contribution in [0, 0.1) is 11.8 Å². The van der Waals surface area contributed by atoms with Crippen molar-refractivity contribution in [2.24, 2.45) is 11.8 Å². The van der Waals surface area contributed by atoms with Crippen molar-refractivity contribution in [3.05, 3.63) is 59.2 Å². The molecule has 2 N–H and O–H groups in total. The molecule has 0 spiro atoms. The number of aromatic hydroxyl groups is 1. The van der Waals surface area contributed by atoms with Crippen molar-refractivity contribution in [2.75, 3.05) is 35.5 Å². The average Bonchev–Trinajstić information content (AvgIpc) is 2.96. The maximum absolute atomic E-state index is 13.4. The molecule has 208 valence electrons. The van der Waals surface area contributed by atoms with E-state index in [1.807, 2.05) is 19.9 Å². The summed E-state index contributed by atoms with van der Waals surface area (Å²) in [6.45, 7) is 3.76. The Morgan fingerprint density at radius 1 is 0.718 bits per heavy atom. The van der Waals surface area contributed by atoms with E-state index in [0.717, 1.165) is 0 Å². The minimum Gasteiger partial charge on any atom is -0.504 e. The standard InChI is InChI=1S/C30H34O9/c1-15-16(2)25(39-30(33)17-11-9-8-10-12-17)19-14-21(34-3)27(36-5)29(38-7)23(19)22-18(24(15)32)13-20(31)26(35-4)28(22)37-6/h8-16,24-25,31-32H,1-7H3/t15-,16+,24-,25-/m1/s1. The van der Waals surface area contributed by atoms with Gasteiger partial charge in [-0.3, -0.25) is 0 Å². The zero-order valence-electron chi connectivity index (χ0n) is 23.1. The van der Waals surface area contributed by atoms with Crippen LogP contribution >= 0.6 is 0 Å². The molecule has 0 radical (unpaired) electrons. The molecule has 0 unspecified atom stereocenters. The van der Waals surface area contributed by atoms with Crippen LogP contribution in [-0.4, -0.2) is 51.7 Å². The quantitative estimate of drug-likeness (QED) is 0.386. The van der Waals surface area contributed by atoms with Gasteiger partial charge in [-0.1, -0.05) is 32.0 Å². The Morgan fingerprint density at radius 3 is 1.85 bits per heavy atom. The monoisotopic (exact) mass is 538 g/mol. The third kappa shape index (κ3) is 4.67. The molecular weight excluding hydrogens is 504 g/mol. The lowest BCUT2D eigenvalue weighted by molar-refractivity contribution is -0.0136. The Balaban J connectivity index is 2.14. The molecule has 39 heavy (non-hydrogen) atoms. The number of fused-ring (bicyclic) bond motifs is 3. The number of rotatable bonds is 7. The van der Waals surface area contributed by atoms with E-state index < -0.39 is 30.0 Å². The largest absolute Gasteiger partial charge is 0.504 e. The molecule has 4 atom stereocenters. The second kappa shape index (κ2) is 11.3. The number of carbonyl (C=O) groups excluding carboxylic acids is 1. The van der Waals surface area contributed by atoms with Gasteiger partial charge in [-0.2, -0.15) is 0 Å². The number of ether oxygens (including phenoxy) is 6. The van der Waals surface area contributed by atoms with E-state index in [2.05, 4.69) is 0 Å². The molecule has 9 nitrogen and oxygen atoms in total. The van der Waals surface area contributed by atoms with E-state index >= 15 is 0 Å². The highest BCUT2D eigenvalue weighted by Crippen LogP contribution is 2.59. The molecule has 0 aliphatic heterocycles. The van der Waals surface area contributed by atoms with Gasteiger partial charge in [0, 0.05) is 22.6 Å². The molecule has 0 bridgehead atoms. The first-order chi connectivity index (χ1) is 18.7. The van der Waals surface area contributed by atoms with Crippen LogP contribution < -0.4 is 23.7 Å². The maximum atomic E-state index is 13.4. The number of esters is 1. The van der Waals surface area contributed by atoms with Crippen LogP contribution in [0.3, 0.4) is 0 Å². The fourth-order valence-electron chi connectivity index (χ4n) is 5.24. The highest BCUT2D eigenvalue weighted by Gasteiger charge is 2.42. The highest BCUT2D eigenvalue weighted by atomic mass is 16.5. The van der Waals surface area contributed by atoms with Crippen LogP contribution in [0.25, 0.3) is 11.1 Å². The number of phenolic OH excluding ortho intramolecular Hbond substituents is 1. The Hall–Kier alpha value is -4.11. The normalized spacial score (nSPS) is 20.0. The van der Waals surface area contributed by atoms with Gasteiger partial charge in [-0.25, -0.2) is 4.79 Å². The molecule has 1 aliphatic carbocycles. The first-order valence-corrected chi connectivity index (χ1v) is 12.5. The van der Waals surface area contributed by atoms with Crippen molar-refractivity contribution in [1.29, 1.82) is 0 Å². The minimum absolute atomic E-state index is 0.0744. The fraction of sp³-hybridized carbons (Fsp3) is 0.367. The second-order valence-electron chi connectivity index (χ2n) is 9.39. The van der Waals surface area contributed by atoms with Crippen molar-refractivity contribution >= 4 is 5.97 Å². The van der Waals surface area contributed by atoms with E-state index in [9.17, 15) is 15.0 Å². The van der Waals surface area contributed by atoms with Gasteiger partial charge in [0.1, 0.15) is 6.10 Å². The van der Waals surface area contributed by atoms with Crippen LogP contribution in [0.5, 0.6) is 34.5 Å². The summed E-state index contributed by atoms with van der Waals surface area (Å²) in [5.74, 6) is -0.360. The predicted molar refractivity (Wildman–Crippen MR) is 144 cm³/mol. The lowest BCUT2D eigenvalue weighted by Crippen LogP contribution is -2.29. The Kier molecular flexibility index (Phi) is 8.11. The van der Waals surface area contributed by atoms with Crippen LogP contribution in [-0.2, 0) is 4.74 Å². The summed E-state index contributed by atoms with van der Waals surface area (Å²) >= 11 is 0. The topological polar surface area (TPSA) is 113 Å². The minimum atomic E-state index is -1.08. The molecule has 3 aromatic rings. The van der Waals surface area contributed by atoms with Crippen molar-refractivity contribution in [1.82, 2.24) is 0 Å². The van der Waals surface area contributed by atoms with Gasteiger partial charge in [0.2, 0.25) is 11.5 Å². The van der Waals surface area contributed by atoms with Gasteiger partial charge in [-0.05, 0) is 35.7 Å². The predicted octanol–water partition coefficient (Wildman–Crippen LogP) is 5.32. The molecule has 9 heteroatoms. The van der Waals surface area contributed by atoms with E-state index in [1.54, 1.807) is 30.3 Å². The fourth-order valence-corrected chi connectivity index (χ4v) is 5.24. The van der Waals surface area contributed by atoms with Crippen molar-refractivity contribution < 1.29 is 43.4 Å². The molecule has 4 rings (SSSR count). The summed E-state index contributed by atoms with van der Waals surface area (Å²) < 4.78 is 34.7. The summed E-state index contributed by atoms with van der Waals surface area (Å²) in [6.07, 6.45) is -1.92. The molecule has 0 aromatic heterocycles. The highest BCUT2D eigenvalue weighted by molar-refractivity contribution is 5.91. The summed E-state index contributed by atoms with van der Waals surface area (Å²) in [6, 6.07) is 11.9. The smallest absolute Gasteiger partial charge is 0.338 e. The zero-order chi connectivity index (χ0) is 28.4. The SMILES string of the molecule is COc1cc2c(c(OC)c1OC)-c1c(cc(O)c(OC)c1OC)[C@H](O)[C@H](C)[C@H](C)[C@H]2OC(=O)c1ccccc1. The molecule has 0 saturated heterocycles. The van der Waals surface area contributed by atoms with E-state index in [0.29, 0.717) is 39.3 Å². The number of hydrogen-bond donors (Lipinski definition) is 2. The van der Waals surface area contributed by atoms with Gasteiger partial charge < -0.3 is 38.6 Å². The molecule has 0 fully saturated rings. The summed E-state index contributed by atoms with van der Waals surface area (Å²) in [7, 11) is 7.31. The summed E-state index contributed by atoms with van der Waals surface area (Å²) in [5.41, 5.74) is 2.19. The molecule has 1 aliphatic rings. The van der Waals surface area contributed by atoms with Gasteiger partial charge in [0.15, 0.2) is 23.0 Å². The van der Waals surface area contributed by atoms with Crippen molar-refractivity contribution in [3.63, 3.8) is 0 Å². The van der Waals surface area contributed by atoms with Crippen LogP contribution in [0.1, 0.15) is 47.5 Å². The lowest BCUT2D eigenvalue weighted by atomic mass is 9.74. The van der Waals surface area contributed by atoms with Crippen LogP contribution in [0.2, 0.25) is 0 Å². The third-order valence-electron chi connectivity index (χ3n) is 7.44. The molecular formula is C30H34O9. The number of methoxy groups -OCH3 is 5. The molecule has 0 heterocycles. The van der Waals surface area contributed by atoms with Gasteiger partial charge >= 0.3 is 5.97 Å². The Labute approximate surface area is 227 Å². The number of hydrogen-bond acceptors (Lipinski definition) is 9. The van der Waals surface area contributed by atoms with Crippen molar-refractivity contribution in [3.8, 4) is 45.6 Å². The Bertz CT molecular complexity index is 1350. The van der Waals surface area contributed by atoms with Crippen molar-refractivity contribution in [2.45, 2.75) is 26.1 Å². The first kappa shape index (κ1) is 27.9. The maximum Gasteiger partial charge on any atom is 0.338 e. The van der Waals surface area contributed by atoms with Gasteiger partial charge in [0.05, 0.1) is 47.2 Å². The molecule has 0 amide bonds. The summed E-state index contributed by atoms with van der Waals surface area (Å²) in [4.78, 5) is 13.4. The molecule has 0 saturated carbocycles. The number of aliphatic hydroxyl groups is 1. The van der Waals surface area contributed by atoms with E-state index in [1.165, 1.54) is 41.6 Å². The lowest BCUT2D eigenvalue weighted by Gasteiger charge is -2.37. The summed E-state index contributed by atoms with van der Waals surface area (Å²) in [5, 5.41) is 22.5. The number of aliphatic hydroxyl groups excluding tert-OH is 1. The van der Waals surface area contributed by atoms with E-state index in [4.69, 9.17) is 28.4 Å². The number of carbonyl (C=O) groups is 1. The first-order valence-electron chi connectivity index (χ1n) is 12.5. The molecule has 3 aromatic carbocycles. The third-order valence-corrected chi connectivity index (χ3v) is 7.44. The number of phenols is 1. The zero-order valence-corrected chi connectivity index (χ0v) is 23.1. The van der Waals surface area contributed by atoms with Crippen LogP contribution in [0.4, 0.5) is 0 Å². The number of benzene rings is 3. The van der Waals surface area contributed by atoms with Crippen LogP contribution in [0.15, 0.2) is 42.5 Å². The Morgan fingerprint density at radius 2 is 1.28 bits per heavy atom.